The first-order valence-corrected chi connectivity index (χ1v) is 13.5. The van der Waals surface area contributed by atoms with Gasteiger partial charge < -0.3 is 9.64 Å². The van der Waals surface area contributed by atoms with E-state index >= 15 is 0 Å². The summed E-state index contributed by atoms with van der Waals surface area (Å²) in [6.45, 7) is 3.08. The summed E-state index contributed by atoms with van der Waals surface area (Å²) in [5, 5.41) is 5.53. The van der Waals surface area contributed by atoms with E-state index in [1.165, 1.54) is 43.9 Å². The lowest BCUT2D eigenvalue weighted by Crippen LogP contribution is -2.51. The largest absolute Gasteiger partial charge is 0.449 e. The molecule has 1 aromatic heterocycles. The first-order valence-electron chi connectivity index (χ1n) is 11.7. The van der Waals surface area contributed by atoms with Gasteiger partial charge in [-0.25, -0.2) is 4.67 Å². The van der Waals surface area contributed by atoms with Crippen LogP contribution in [-0.4, -0.2) is 46.7 Å². The van der Waals surface area contributed by atoms with Gasteiger partial charge in [0.1, 0.15) is 11.3 Å². The van der Waals surface area contributed by atoms with Crippen molar-refractivity contribution < 1.29 is 4.74 Å². The van der Waals surface area contributed by atoms with E-state index in [4.69, 9.17) is 4.74 Å². The molecule has 1 saturated heterocycles. The minimum Gasteiger partial charge on any atom is -0.449 e. The summed E-state index contributed by atoms with van der Waals surface area (Å²) in [5.41, 5.74) is 4.00. The van der Waals surface area contributed by atoms with Gasteiger partial charge in [-0.05, 0) is 43.5 Å². The SMILES string of the molecule is CN1CCN2c3cccc4c3[P+]3(c5c(ccc6c7ccccc7n(c56)C5=CC=CCN53)O4)C12. The Morgan fingerprint density at radius 1 is 0.909 bits per heavy atom. The molecule has 4 aromatic rings. The van der Waals surface area contributed by atoms with E-state index in [2.05, 4.69) is 98.9 Å². The number of rotatable bonds is 0. The van der Waals surface area contributed by atoms with Crippen LogP contribution in [0.2, 0.25) is 0 Å². The molecule has 0 radical (unpaired) electrons. The van der Waals surface area contributed by atoms with E-state index in [1.54, 1.807) is 0 Å². The molecule has 2 unspecified atom stereocenters. The Morgan fingerprint density at radius 3 is 2.79 bits per heavy atom. The normalized spacial score (nSPS) is 25.8. The summed E-state index contributed by atoms with van der Waals surface area (Å²) in [6.07, 6.45) is 6.89. The molecule has 160 valence electrons. The topological polar surface area (TPSA) is 23.9 Å². The highest BCUT2D eigenvalue weighted by Gasteiger charge is 2.73. The molecule has 5 aliphatic rings. The van der Waals surface area contributed by atoms with Gasteiger partial charge in [-0.2, -0.15) is 0 Å². The van der Waals surface area contributed by atoms with Crippen LogP contribution in [0.3, 0.4) is 0 Å². The lowest BCUT2D eigenvalue weighted by Gasteiger charge is -2.46. The summed E-state index contributed by atoms with van der Waals surface area (Å²) < 4.78 is 12.0. The number of fused-ring (bicyclic) bond motifs is 7. The van der Waals surface area contributed by atoms with Gasteiger partial charge in [-0.15, -0.1) is 0 Å². The lowest BCUT2D eigenvalue weighted by molar-refractivity contribution is 0.380. The molecule has 3 aromatic carbocycles. The number of allylic oxidation sites excluding steroid dienone is 2. The van der Waals surface area contributed by atoms with Crippen LogP contribution in [0.15, 0.2) is 72.8 Å². The molecule has 1 spiro atoms. The van der Waals surface area contributed by atoms with Gasteiger partial charge in [0.15, 0.2) is 22.1 Å². The number of benzene rings is 3. The van der Waals surface area contributed by atoms with E-state index in [0.29, 0.717) is 5.91 Å². The average Bonchev–Trinajstić information content (AvgIpc) is 3.50. The number of nitrogens with zero attached hydrogens (tertiary/aromatic N) is 4. The van der Waals surface area contributed by atoms with Crippen molar-refractivity contribution in [2.45, 2.75) is 5.91 Å². The number of hydrogen-bond donors (Lipinski definition) is 0. The van der Waals surface area contributed by atoms with E-state index in [1.807, 2.05) is 0 Å². The Hall–Kier alpha value is -3.27. The lowest BCUT2D eigenvalue weighted by atomic mass is 10.1. The van der Waals surface area contributed by atoms with Crippen LogP contribution in [0, 0.1) is 0 Å². The molecule has 0 saturated carbocycles. The second kappa shape index (κ2) is 5.44. The molecule has 2 atom stereocenters. The summed E-state index contributed by atoms with van der Waals surface area (Å²) in [7, 11) is 0.278. The molecule has 6 heterocycles. The van der Waals surface area contributed by atoms with Gasteiger partial charge in [0.25, 0.3) is 0 Å². The molecule has 33 heavy (non-hydrogen) atoms. The van der Waals surface area contributed by atoms with Crippen LogP contribution in [0.5, 0.6) is 11.5 Å². The predicted molar refractivity (Wildman–Crippen MR) is 136 cm³/mol. The van der Waals surface area contributed by atoms with Crippen LogP contribution in [0.4, 0.5) is 5.69 Å². The fraction of sp³-hybridized carbons (Fsp3) is 0.185. The molecule has 0 bridgehead atoms. The maximum absolute atomic E-state index is 6.71. The number of ether oxygens (including phenoxy) is 1. The smallest absolute Gasteiger partial charge is 0.227 e. The summed E-state index contributed by atoms with van der Waals surface area (Å²) in [4.78, 5) is 5.26. The van der Waals surface area contributed by atoms with Crippen molar-refractivity contribution in [1.29, 1.82) is 0 Å². The molecular weight excluding hydrogens is 427 g/mol. The Labute approximate surface area is 192 Å². The quantitative estimate of drug-likeness (QED) is 0.369. The zero-order valence-electron chi connectivity index (χ0n) is 18.3. The van der Waals surface area contributed by atoms with Gasteiger partial charge in [-0.1, -0.05) is 36.4 Å². The van der Waals surface area contributed by atoms with Gasteiger partial charge in [0.2, 0.25) is 13.3 Å². The zero-order valence-corrected chi connectivity index (χ0v) is 19.2. The van der Waals surface area contributed by atoms with Gasteiger partial charge >= 0.3 is 0 Å². The van der Waals surface area contributed by atoms with Gasteiger partial charge in [0.05, 0.1) is 17.7 Å². The molecule has 0 N–H and O–H groups in total. The second-order valence-corrected chi connectivity index (χ2v) is 12.8. The van der Waals surface area contributed by atoms with Crippen LogP contribution in [0.25, 0.3) is 27.6 Å². The van der Waals surface area contributed by atoms with Crippen molar-refractivity contribution in [1.82, 2.24) is 14.1 Å². The van der Waals surface area contributed by atoms with Crippen molar-refractivity contribution in [3.05, 3.63) is 72.8 Å². The standard InChI is InChI=1S/C27H22N4OP/c1-28-15-16-29-20-9-6-10-21-25(20)33(27(28)29)26-22(32-21)13-12-18-17-7-2-3-8-19(17)31(24(18)26)23-11-4-5-14-30(23)33/h2-13,27H,14-16H2,1H3/q+1. The number of para-hydroxylation sites is 1. The molecule has 0 aliphatic carbocycles. The van der Waals surface area contributed by atoms with Crippen LogP contribution >= 0.6 is 7.41 Å². The molecule has 5 aliphatic heterocycles. The first kappa shape index (κ1) is 17.2. The van der Waals surface area contributed by atoms with Crippen molar-refractivity contribution in [2.24, 2.45) is 0 Å². The Kier molecular flexibility index (Phi) is 2.84. The van der Waals surface area contributed by atoms with E-state index in [-0.39, 0.29) is 0 Å². The molecule has 1 fully saturated rings. The number of likely N-dealkylation sites (N-methyl/N-ethyl adjacent to an activating group) is 1. The van der Waals surface area contributed by atoms with Crippen molar-refractivity contribution in [3.8, 4) is 11.5 Å². The van der Waals surface area contributed by atoms with Crippen molar-refractivity contribution in [2.75, 3.05) is 31.6 Å². The maximum atomic E-state index is 6.71. The Balaban J connectivity index is 1.57. The second-order valence-electron chi connectivity index (χ2n) is 9.63. The average molecular weight is 449 g/mol. The highest BCUT2D eigenvalue weighted by atomic mass is 31.2. The van der Waals surface area contributed by atoms with Gasteiger partial charge in [-0.3, -0.25) is 9.47 Å². The highest BCUT2D eigenvalue weighted by molar-refractivity contribution is 7.90. The fourth-order valence-electron chi connectivity index (χ4n) is 7.11. The van der Waals surface area contributed by atoms with E-state index < -0.39 is 7.41 Å². The van der Waals surface area contributed by atoms with Gasteiger partial charge in [0, 0.05) is 23.9 Å². The minimum atomic E-state index is -2.04. The minimum absolute atomic E-state index is 0.337. The summed E-state index contributed by atoms with van der Waals surface area (Å²) in [5.74, 6) is 3.74. The first-order chi connectivity index (χ1) is 16.3. The maximum Gasteiger partial charge on any atom is 0.227 e. The molecule has 6 heteroatoms. The van der Waals surface area contributed by atoms with Crippen molar-refractivity contribution >= 4 is 51.3 Å². The van der Waals surface area contributed by atoms with E-state index in [9.17, 15) is 0 Å². The number of hydrogen-bond acceptors (Lipinski definition) is 4. The molecule has 9 rings (SSSR count). The predicted octanol–water partition coefficient (Wildman–Crippen LogP) is 4.52. The van der Waals surface area contributed by atoms with Crippen LogP contribution in [0.1, 0.15) is 0 Å². The number of aromatic nitrogens is 1. The zero-order chi connectivity index (χ0) is 21.5. The number of anilines is 1. The summed E-state index contributed by atoms with van der Waals surface area (Å²) in [6, 6.07) is 20.0. The molecule has 5 nitrogen and oxygen atoms in total. The van der Waals surface area contributed by atoms with Crippen molar-refractivity contribution in [3.63, 3.8) is 0 Å². The fourth-order valence-corrected chi connectivity index (χ4v) is 12.7. The van der Waals surface area contributed by atoms with Crippen LogP contribution < -0.4 is 20.2 Å². The Morgan fingerprint density at radius 2 is 1.82 bits per heavy atom. The van der Waals surface area contributed by atoms with Crippen LogP contribution in [-0.2, 0) is 0 Å². The third-order valence-electron chi connectivity index (χ3n) is 8.20. The Bertz CT molecular complexity index is 1630. The highest BCUT2D eigenvalue weighted by Crippen LogP contribution is 2.78. The third-order valence-corrected chi connectivity index (χ3v) is 12.9. The molecular formula is C27H22N4OP+. The molecule has 0 amide bonds. The van der Waals surface area contributed by atoms with E-state index in [0.717, 1.165) is 31.1 Å². The summed E-state index contributed by atoms with van der Waals surface area (Å²) >= 11 is 0. The third kappa shape index (κ3) is 1.67. The monoisotopic (exact) mass is 449 g/mol.